The zero-order chi connectivity index (χ0) is 17.0. The molecule has 124 valence electrons. The Kier molecular flexibility index (Phi) is 5.41. The van der Waals surface area contributed by atoms with Crippen LogP contribution in [0.15, 0.2) is 18.2 Å². The molecule has 0 radical (unpaired) electrons. The molecule has 1 aromatic heterocycles. The van der Waals surface area contributed by atoms with Gasteiger partial charge in [-0.2, -0.15) is 4.98 Å². The molecule has 0 bridgehead atoms. The minimum atomic E-state index is -1.52. The first-order valence-electron chi connectivity index (χ1n) is 7.37. The highest BCUT2D eigenvalue weighted by Gasteiger charge is 2.14. The number of anilines is 3. The van der Waals surface area contributed by atoms with E-state index in [1.54, 1.807) is 13.0 Å². The summed E-state index contributed by atoms with van der Waals surface area (Å²) >= 11 is 0. The van der Waals surface area contributed by atoms with Crippen molar-refractivity contribution in [3.05, 3.63) is 41.3 Å². The molecule has 0 fully saturated rings. The number of nitrogens with one attached hydrogen (secondary N) is 2. The van der Waals surface area contributed by atoms with Crippen LogP contribution in [0.25, 0.3) is 0 Å². The Morgan fingerprint density at radius 1 is 1.09 bits per heavy atom. The maximum Gasteiger partial charge on any atom is 0.224 e. The van der Waals surface area contributed by atoms with Crippen molar-refractivity contribution in [2.24, 2.45) is 5.92 Å². The zero-order valence-corrected chi connectivity index (χ0v) is 13.3. The highest BCUT2D eigenvalue weighted by Crippen LogP contribution is 2.23. The third kappa shape index (κ3) is 4.58. The molecule has 0 saturated heterocycles. The van der Waals surface area contributed by atoms with Crippen molar-refractivity contribution in [3.63, 3.8) is 0 Å². The summed E-state index contributed by atoms with van der Waals surface area (Å²) < 4.78 is 39.9. The lowest BCUT2D eigenvalue weighted by molar-refractivity contribution is 0.449. The van der Waals surface area contributed by atoms with Gasteiger partial charge in [0.25, 0.3) is 0 Å². The van der Waals surface area contributed by atoms with Crippen molar-refractivity contribution in [2.75, 3.05) is 17.2 Å². The molecular weight excluding hydrogens is 305 g/mol. The minimum Gasteiger partial charge on any atom is -0.354 e. The zero-order valence-electron chi connectivity index (χ0n) is 13.3. The summed E-state index contributed by atoms with van der Waals surface area (Å²) in [5.41, 5.74) is 0.479. The van der Waals surface area contributed by atoms with Crippen LogP contribution in [-0.4, -0.2) is 16.5 Å². The van der Waals surface area contributed by atoms with E-state index in [1.165, 1.54) is 0 Å². The molecule has 23 heavy (non-hydrogen) atoms. The average Bonchev–Trinajstić information content (AvgIpc) is 2.47. The SMILES string of the molecule is Cc1cc(Nc2ccc(F)c(F)c2F)nc(NCCC(C)C)n1. The van der Waals surface area contributed by atoms with Gasteiger partial charge in [-0.25, -0.2) is 18.2 Å². The maximum atomic E-state index is 13.7. The lowest BCUT2D eigenvalue weighted by atomic mass is 10.1. The second kappa shape index (κ2) is 7.30. The van der Waals surface area contributed by atoms with Crippen LogP contribution < -0.4 is 10.6 Å². The summed E-state index contributed by atoms with van der Waals surface area (Å²) in [4.78, 5) is 8.44. The molecule has 0 atom stereocenters. The van der Waals surface area contributed by atoms with Gasteiger partial charge in [0, 0.05) is 18.3 Å². The fraction of sp³-hybridized carbons (Fsp3) is 0.375. The number of halogens is 3. The Labute approximate surface area is 133 Å². The number of hydrogen-bond acceptors (Lipinski definition) is 4. The van der Waals surface area contributed by atoms with E-state index in [1.807, 2.05) is 0 Å². The molecule has 0 amide bonds. The molecule has 0 aliphatic rings. The topological polar surface area (TPSA) is 49.8 Å². The third-order valence-corrected chi connectivity index (χ3v) is 3.16. The van der Waals surface area contributed by atoms with Crippen LogP contribution in [0.5, 0.6) is 0 Å². The Morgan fingerprint density at radius 3 is 2.52 bits per heavy atom. The monoisotopic (exact) mass is 324 g/mol. The molecule has 2 N–H and O–H groups in total. The highest BCUT2D eigenvalue weighted by molar-refractivity contribution is 5.58. The molecule has 0 spiro atoms. The minimum absolute atomic E-state index is 0.185. The highest BCUT2D eigenvalue weighted by atomic mass is 19.2. The standard InChI is InChI=1S/C16H19F3N4/c1-9(2)6-7-20-16-21-10(3)8-13(23-16)22-12-5-4-11(17)14(18)15(12)19/h4-5,8-9H,6-7H2,1-3H3,(H2,20,21,22,23). The van der Waals surface area contributed by atoms with Crippen LogP contribution in [0.3, 0.4) is 0 Å². The molecule has 1 heterocycles. The van der Waals surface area contributed by atoms with E-state index < -0.39 is 17.5 Å². The predicted octanol–water partition coefficient (Wildman–Crippen LogP) is 4.40. The third-order valence-electron chi connectivity index (χ3n) is 3.16. The Morgan fingerprint density at radius 2 is 1.83 bits per heavy atom. The summed E-state index contributed by atoms with van der Waals surface area (Å²) in [6, 6.07) is 3.57. The van der Waals surface area contributed by atoms with E-state index in [2.05, 4.69) is 34.4 Å². The number of benzene rings is 1. The average molecular weight is 324 g/mol. The molecule has 2 rings (SSSR count). The van der Waals surface area contributed by atoms with Crippen LogP contribution in [0.2, 0.25) is 0 Å². The van der Waals surface area contributed by atoms with Gasteiger partial charge >= 0.3 is 0 Å². The number of nitrogens with zero attached hydrogens (tertiary/aromatic N) is 2. The van der Waals surface area contributed by atoms with Gasteiger partial charge in [-0.1, -0.05) is 13.8 Å². The first kappa shape index (κ1) is 17.1. The van der Waals surface area contributed by atoms with Crippen molar-refractivity contribution in [1.82, 2.24) is 9.97 Å². The fourth-order valence-electron chi connectivity index (χ4n) is 1.94. The molecule has 0 saturated carbocycles. The van der Waals surface area contributed by atoms with E-state index in [4.69, 9.17) is 0 Å². The summed E-state index contributed by atoms with van der Waals surface area (Å²) in [6.45, 7) is 6.69. The smallest absolute Gasteiger partial charge is 0.224 e. The number of aryl methyl sites for hydroxylation is 1. The van der Waals surface area contributed by atoms with Crippen LogP contribution in [0.4, 0.5) is 30.6 Å². The Bertz CT molecular complexity index is 689. The normalized spacial score (nSPS) is 10.9. The number of aromatic nitrogens is 2. The first-order chi connectivity index (χ1) is 10.9. The van der Waals surface area contributed by atoms with E-state index in [0.29, 0.717) is 29.9 Å². The van der Waals surface area contributed by atoms with Crippen LogP contribution >= 0.6 is 0 Å². The molecule has 0 unspecified atom stereocenters. The lowest BCUT2D eigenvalue weighted by Crippen LogP contribution is -2.09. The van der Waals surface area contributed by atoms with Crippen LogP contribution in [-0.2, 0) is 0 Å². The van der Waals surface area contributed by atoms with E-state index >= 15 is 0 Å². The number of rotatable bonds is 6. The van der Waals surface area contributed by atoms with Gasteiger partial charge in [-0.05, 0) is 31.4 Å². The predicted molar refractivity (Wildman–Crippen MR) is 84.3 cm³/mol. The van der Waals surface area contributed by atoms with Gasteiger partial charge in [-0.15, -0.1) is 0 Å². The Hall–Kier alpha value is -2.31. The summed E-state index contributed by atoms with van der Waals surface area (Å²) in [7, 11) is 0. The molecule has 7 heteroatoms. The number of hydrogen-bond donors (Lipinski definition) is 2. The molecule has 2 aromatic rings. The van der Waals surface area contributed by atoms with Crippen molar-refractivity contribution in [2.45, 2.75) is 27.2 Å². The largest absolute Gasteiger partial charge is 0.354 e. The van der Waals surface area contributed by atoms with Gasteiger partial charge < -0.3 is 10.6 Å². The van der Waals surface area contributed by atoms with Gasteiger partial charge in [-0.3, -0.25) is 0 Å². The van der Waals surface area contributed by atoms with Gasteiger partial charge in [0.2, 0.25) is 5.95 Å². The molecule has 0 aliphatic carbocycles. The van der Waals surface area contributed by atoms with Gasteiger partial charge in [0.1, 0.15) is 5.82 Å². The first-order valence-corrected chi connectivity index (χ1v) is 7.37. The van der Waals surface area contributed by atoms with Crippen LogP contribution in [0, 0.1) is 30.3 Å². The van der Waals surface area contributed by atoms with Crippen molar-refractivity contribution >= 4 is 17.5 Å². The fourth-order valence-corrected chi connectivity index (χ4v) is 1.94. The summed E-state index contributed by atoms with van der Waals surface area (Å²) in [5.74, 6) is -2.79. The van der Waals surface area contributed by atoms with Crippen molar-refractivity contribution in [3.8, 4) is 0 Å². The van der Waals surface area contributed by atoms with Crippen molar-refractivity contribution < 1.29 is 13.2 Å². The quantitative estimate of drug-likeness (QED) is 0.773. The van der Waals surface area contributed by atoms with Crippen molar-refractivity contribution in [1.29, 1.82) is 0 Å². The summed E-state index contributed by atoms with van der Waals surface area (Å²) in [5, 5.41) is 5.74. The molecular formula is C16H19F3N4. The van der Waals surface area contributed by atoms with Gasteiger partial charge in [0.05, 0.1) is 5.69 Å². The van der Waals surface area contributed by atoms with E-state index in [0.717, 1.165) is 18.6 Å². The van der Waals surface area contributed by atoms with Crippen LogP contribution in [0.1, 0.15) is 26.0 Å². The second-order valence-corrected chi connectivity index (χ2v) is 5.68. The Balaban J connectivity index is 2.17. The van der Waals surface area contributed by atoms with E-state index in [9.17, 15) is 13.2 Å². The molecule has 4 nitrogen and oxygen atoms in total. The van der Waals surface area contributed by atoms with E-state index in [-0.39, 0.29) is 5.69 Å². The lowest BCUT2D eigenvalue weighted by Gasteiger charge is -2.11. The van der Waals surface area contributed by atoms with Gasteiger partial charge in [0.15, 0.2) is 17.5 Å². The second-order valence-electron chi connectivity index (χ2n) is 5.68. The molecule has 1 aromatic carbocycles. The molecule has 0 aliphatic heterocycles. The maximum absolute atomic E-state index is 13.7. The summed E-state index contributed by atoms with van der Waals surface area (Å²) in [6.07, 6.45) is 0.956.